The SMILES string of the molecule is CCCCOc1ccc(Br)cc1C(=O)Nc1ccc(Nc2ccccc2)cc1. The fourth-order valence-corrected chi connectivity index (χ4v) is 3.02. The highest BCUT2D eigenvalue weighted by Crippen LogP contribution is 2.25. The number of para-hydroxylation sites is 1. The standard InChI is InChI=1S/C23H23BrN2O2/c1-2-3-15-28-22-14-9-17(24)16-21(22)23(27)26-20-12-10-19(11-13-20)25-18-7-5-4-6-8-18/h4-14,16,25H,2-3,15H2,1H3,(H,26,27). The molecule has 144 valence electrons. The second kappa shape index (κ2) is 9.95. The molecule has 5 heteroatoms. The lowest BCUT2D eigenvalue weighted by Crippen LogP contribution is -2.14. The summed E-state index contributed by atoms with van der Waals surface area (Å²) >= 11 is 3.43. The first-order valence-electron chi connectivity index (χ1n) is 9.31. The van der Waals surface area contributed by atoms with Gasteiger partial charge in [0.15, 0.2) is 0 Å². The summed E-state index contributed by atoms with van der Waals surface area (Å²) in [7, 11) is 0. The van der Waals surface area contributed by atoms with Gasteiger partial charge in [-0.1, -0.05) is 47.5 Å². The van der Waals surface area contributed by atoms with Gasteiger partial charge >= 0.3 is 0 Å². The molecule has 0 aliphatic heterocycles. The molecule has 0 aromatic heterocycles. The predicted octanol–water partition coefficient (Wildman–Crippen LogP) is 6.62. The van der Waals surface area contributed by atoms with Gasteiger partial charge in [-0.05, 0) is 61.0 Å². The molecule has 0 radical (unpaired) electrons. The van der Waals surface area contributed by atoms with Gasteiger partial charge in [0, 0.05) is 21.5 Å². The van der Waals surface area contributed by atoms with Crippen LogP contribution in [0, 0.1) is 0 Å². The Hall–Kier alpha value is -2.79. The summed E-state index contributed by atoms with van der Waals surface area (Å²) in [6, 6.07) is 23.0. The molecular formula is C23H23BrN2O2. The molecule has 2 N–H and O–H groups in total. The summed E-state index contributed by atoms with van der Waals surface area (Å²) < 4.78 is 6.62. The van der Waals surface area contributed by atoms with Crippen LogP contribution in [0.4, 0.5) is 17.1 Å². The third kappa shape index (κ3) is 5.60. The van der Waals surface area contributed by atoms with Crippen LogP contribution in [0.25, 0.3) is 0 Å². The molecule has 0 atom stereocenters. The molecule has 0 aliphatic rings. The Morgan fingerprint density at radius 2 is 1.61 bits per heavy atom. The number of hydrogen-bond acceptors (Lipinski definition) is 3. The molecule has 3 rings (SSSR count). The van der Waals surface area contributed by atoms with E-state index < -0.39 is 0 Å². The summed E-state index contributed by atoms with van der Waals surface area (Å²) in [5.41, 5.74) is 3.21. The van der Waals surface area contributed by atoms with E-state index in [4.69, 9.17) is 4.74 Å². The molecule has 0 aliphatic carbocycles. The van der Waals surface area contributed by atoms with Crippen molar-refractivity contribution < 1.29 is 9.53 Å². The van der Waals surface area contributed by atoms with E-state index >= 15 is 0 Å². The minimum absolute atomic E-state index is 0.198. The zero-order valence-corrected chi connectivity index (χ0v) is 17.3. The van der Waals surface area contributed by atoms with Crippen molar-refractivity contribution in [3.8, 4) is 5.75 Å². The number of hydrogen-bond donors (Lipinski definition) is 2. The number of amides is 1. The number of anilines is 3. The predicted molar refractivity (Wildman–Crippen MR) is 119 cm³/mol. The van der Waals surface area contributed by atoms with Crippen molar-refractivity contribution in [1.82, 2.24) is 0 Å². The monoisotopic (exact) mass is 438 g/mol. The van der Waals surface area contributed by atoms with Gasteiger partial charge in [0.05, 0.1) is 12.2 Å². The molecule has 0 bridgehead atoms. The van der Waals surface area contributed by atoms with Crippen LogP contribution in [0.1, 0.15) is 30.1 Å². The molecule has 0 spiro atoms. The zero-order valence-electron chi connectivity index (χ0n) is 15.7. The number of unbranched alkanes of at least 4 members (excludes halogenated alkanes) is 1. The number of nitrogens with one attached hydrogen (secondary N) is 2. The average Bonchev–Trinajstić information content (AvgIpc) is 2.71. The van der Waals surface area contributed by atoms with Gasteiger partial charge < -0.3 is 15.4 Å². The van der Waals surface area contributed by atoms with Crippen molar-refractivity contribution in [2.24, 2.45) is 0 Å². The number of carbonyl (C=O) groups excluding carboxylic acids is 1. The van der Waals surface area contributed by atoms with Gasteiger partial charge in [-0.2, -0.15) is 0 Å². The number of carbonyl (C=O) groups is 1. The summed E-state index contributed by atoms with van der Waals surface area (Å²) in [4.78, 5) is 12.8. The summed E-state index contributed by atoms with van der Waals surface area (Å²) in [5.74, 6) is 0.396. The Labute approximate surface area is 174 Å². The Morgan fingerprint density at radius 3 is 2.32 bits per heavy atom. The van der Waals surface area contributed by atoms with Crippen LogP contribution >= 0.6 is 15.9 Å². The highest BCUT2D eigenvalue weighted by molar-refractivity contribution is 9.10. The maximum absolute atomic E-state index is 12.8. The van der Waals surface area contributed by atoms with E-state index in [1.54, 1.807) is 6.07 Å². The fourth-order valence-electron chi connectivity index (χ4n) is 2.66. The molecular weight excluding hydrogens is 416 g/mol. The van der Waals surface area contributed by atoms with Gasteiger partial charge in [-0.25, -0.2) is 0 Å². The normalized spacial score (nSPS) is 10.4. The van der Waals surface area contributed by atoms with Crippen LogP contribution in [0.15, 0.2) is 77.3 Å². The minimum Gasteiger partial charge on any atom is -0.493 e. The third-order valence-corrected chi connectivity index (χ3v) is 4.64. The van der Waals surface area contributed by atoms with Crippen molar-refractivity contribution in [3.05, 3.63) is 82.8 Å². The lowest BCUT2D eigenvalue weighted by atomic mass is 10.1. The zero-order chi connectivity index (χ0) is 19.8. The molecule has 3 aromatic rings. The number of ether oxygens (including phenoxy) is 1. The molecule has 1 amide bonds. The molecule has 28 heavy (non-hydrogen) atoms. The van der Waals surface area contributed by atoms with E-state index in [0.29, 0.717) is 17.9 Å². The first-order valence-corrected chi connectivity index (χ1v) is 10.1. The third-order valence-electron chi connectivity index (χ3n) is 4.15. The van der Waals surface area contributed by atoms with Crippen LogP contribution in [-0.4, -0.2) is 12.5 Å². The lowest BCUT2D eigenvalue weighted by molar-refractivity contribution is 0.102. The Bertz CT molecular complexity index is 912. The molecule has 0 saturated carbocycles. The summed E-state index contributed by atoms with van der Waals surface area (Å²) in [6.45, 7) is 2.70. The second-order valence-electron chi connectivity index (χ2n) is 6.36. The molecule has 0 heterocycles. The maximum atomic E-state index is 12.8. The number of rotatable bonds is 8. The lowest BCUT2D eigenvalue weighted by Gasteiger charge is -2.13. The van der Waals surface area contributed by atoms with Gasteiger partial charge in [0.25, 0.3) is 5.91 Å². The maximum Gasteiger partial charge on any atom is 0.259 e. The van der Waals surface area contributed by atoms with Gasteiger partial charge in [-0.15, -0.1) is 0 Å². The largest absolute Gasteiger partial charge is 0.493 e. The van der Waals surface area contributed by atoms with Crippen molar-refractivity contribution in [2.45, 2.75) is 19.8 Å². The van der Waals surface area contributed by atoms with Crippen LogP contribution < -0.4 is 15.4 Å². The van der Waals surface area contributed by atoms with E-state index in [-0.39, 0.29) is 5.91 Å². The molecule has 0 fully saturated rings. The van der Waals surface area contributed by atoms with E-state index in [1.165, 1.54) is 0 Å². The Morgan fingerprint density at radius 1 is 0.929 bits per heavy atom. The smallest absolute Gasteiger partial charge is 0.259 e. The highest BCUT2D eigenvalue weighted by Gasteiger charge is 2.14. The van der Waals surface area contributed by atoms with Crippen molar-refractivity contribution in [1.29, 1.82) is 0 Å². The van der Waals surface area contributed by atoms with Gasteiger partial charge in [-0.3, -0.25) is 4.79 Å². The van der Waals surface area contributed by atoms with E-state index in [2.05, 4.69) is 33.5 Å². The van der Waals surface area contributed by atoms with Crippen molar-refractivity contribution in [3.63, 3.8) is 0 Å². The van der Waals surface area contributed by atoms with Crippen LogP contribution in [0.5, 0.6) is 5.75 Å². The molecule has 3 aromatic carbocycles. The highest BCUT2D eigenvalue weighted by atomic mass is 79.9. The van der Waals surface area contributed by atoms with E-state index in [1.807, 2.05) is 66.7 Å². The van der Waals surface area contributed by atoms with Crippen molar-refractivity contribution >= 4 is 38.9 Å². The fraction of sp³-hybridized carbons (Fsp3) is 0.174. The minimum atomic E-state index is -0.198. The van der Waals surface area contributed by atoms with E-state index in [9.17, 15) is 4.79 Å². The molecule has 0 saturated heterocycles. The van der Waals surface area contributed by atoms with E-state index in [0.717, 1.165) is 34.4 Å². The number of benzene rings is 3. The van der Waals surface area contributed by atoms with Crippen LogP contribution in [0.3, 0.4) is 0 Å². The summed E-state index contributed by atoms with van der Waals surface area (Å²) in [5, 5.41) is 6.26. The first-order chi connectivity index (χ1) is 13.7. The number of halogens is 1. The Kier molecular flexibility index (Phi) is 7.09. The topological polar surface area (TPSA) is 50.4 Å². The quantitative estimate of drug-likeness (QED) is 0.388. The molecule has 4 nitrogen and oxygen atoms in total. The van der Waals surface area contributed by atoms with Crippen molar-refractivity contribution in [2.75, 3.05) is 17.2 Å². The summed E-state index contributed by atoms with van der Waals surface area (Å²) in [6.07, 6.45) is 1.99. The van der Waals surface area contributed by atoms with Gasteiger partial charge in [0.1, 0.15) is 5.75 Å². The van der Waals surface area contributed by atoms with Gasteiger partial charge in [0.2, 0.25) is 0 Å². The first kappa shape index (κ1) is 20.0. The van der Waals surface area contributed by atoms with Crippen LogP contribution in [0.2, 0.25) is 0 Å². The van der Waals surface area contributed by atoms with Crippen LogP contribution in [-0.2, 0) is 0 Å². The second-order valence-corrected chi connectivity index (χ2v) is 7.28. The Balaban J connectivity index is 1.68. The average molecular weight is 439 g/mol. The molecule has 0 unspecified atom stereocenters.